The average Bonchev–Trinajstić information content (AvgIpc) is 2.34. The first-order valence-corrected chi connectivity index (χ1v) is 6.08. The molecule has 0 amide bonds. The Morgan fingerprint density at radius 3 is 2.47 bits per heavy atom. The van der Waals surface area contributed by atoms with Crippen LogP contribution >= 0.6 is 12.0 Å². The van der Waals surface area contributed by atoms with Crippen LogP contribution in [0.1, 0.15) is 17.3 Å². The van der Waals surface area contributed by atoms with Gasteiger partial charge in [0.2, 0.25) is 0 Å². The molecule has 0 aliphatic carbocycles. The molecular weight excluding hydrogens is 277 g/mol. The minimum Gasteiger partial charge on any atom is -0.416 e. The number of hydrogen-bond donors (Lipinski definition) is 0. The van der Waals surface area contributed by atoms with Gasteiger partial charge in [-0.05, 0) is 23.8 Å². The van der Waals surface area contributed by atoms with Crippen molar-refractivity contribution in [3.8, 4) is 5.75 Å². The van der Waals surface area contributed by atoms with Crippen LogP contribution in [0, 0.1) is 0 Å². The molecule has 2 aromatic carbocycles. The predicted octanol–water partition coefficient (Wildman–Crippen LogP) is 4.59. The summed E-state index contributed by atoms with van der Waals surface area (Å²) >= 11 is -0.625. The summed E-state index contributed by atoms with van der Waals surface area (Å²) in [7, 11) is 0. The topological polar surface area (TPSA) is 26.3 Å². The molecule has 6 heteroatoms. The molecule has 0 saturated carbocycles. The number of hydrogen-bond acceptors (Lipinski definition) is 3. The third-order valence-electron chi connectivity index (χ3n) is 2.47. The monoisotopic (exact) mass is 286 g/mol. The summed E-state index contributed by atoms with van der Waals surface area (Å²) in [5.41, 5.74) is -4.35. The van der Waals surface area contributed by atoms with Crippen molar-refractivity contribution >= 4 is 28.6 Å². The number of halogens is 3. The van der Waals surface area contributed by atoms with Crippen molar-refractivity contribution in [2.24, 2.45) is 0 Å². The molecule has 2 rings (SSSR count). The van der Waals surface area contributed by atoms with Crippen LogP contribution in [0.15, 0.2) is 36.4 Å². The van der Waals surface area contributed by atoms with Crippen LogP contribution in [0.4, 0.5) is 13.2 Å². The number of alkyl halides is 3. The second kappa shape index (κ2) is 5.13. The maximum absolute atomic E-state index is 12.1. The minimum atomic E-state index is -4.51. The van der Waals surface area contributed by atoms with E-state index in [-0.39, 0.29) is 17.1 Å². The van der Waals surface area contributed by atoms with Crippen molar-refractivity contribution in [1.82, 2.24) is 0 Å². The Labute approximate surface area is 111 Å². The van der Waals surface area contributed by atoms with Gasteiger partial charge in [0.1, 0.15) is 5.75 Å². The van der Waals surface area contributed by atoms with Gasteiger partial charge < -0.3 is 4.18 Å². The smallest absolute Gasteiger partial charge is 0.416 e. The summed E-state index contributed by atoms with van der Waals surface area (Å²) in [6.45, 7) is 1.30. The van der Waals surface area contributed by atoms with Crippen LogP contribution in [-0.2, 0) is 0 Å². The maximum atomic E-state index is 12.1. The predicted molar refractivity (Wildman–Crippen MR) is 68.2 cm³/mol. The summed E-state index contributed by atoms with van der Waals surface area (Å²) in [6, 6.07) is 9.96. The first-order chi connectivity index (χ1) is 8.88. The van der Waals surface area contributed by atoms with Gasteiger partial charge in [0.15, 0.2) is 17.8 Å². The molecule has 0 fully saturated rings. The quantitative estimate of drug-likeness (QED) is 0.610. The van der Waals surface area contributed by atoms with E-state index < -0.39 is 17.6 Å². The number of ketones is 1. The molecule has 0 aromatic heterocycles. The number of carbonyl (C=O) groups excluding carboxylic acids is 1. The lowest BCUT2D eigenvalue weighted by atomic mass is 10.0. The second-order valence-electron chi connectivity index (χ2n) is 3.83. The SMILES string of the molecule is CC(=O)c1c(OSC(F)(F)F)ccc2ccccc12. The van der Waals surface area contributed by atoms with E-state index in [1.54, 1.807) is 30.3 Å². The molecule has 0 spiro atoms. The fourth-order valence-corrected chi connectivity index (χ4v) is 2.10. The average molecular weight is 286 g/mol. The number of Topliss-reactive ketones (excluding diaryl/α,β-unsaturated/α-hetero) is 1. The molecule has 0 unspecified atom stereocenters. The van der Waals surface area contributed by atoms with Gasteiger partial charge in [-0.1, -0.05) is 30.3 Å². The summed E-state index contributed by atoms with van der Waals surface area (Å²) < 4.78 is 41.1. The molecule has 19 heavy (non-hydrogen) atoms. The minimum absolute atomic E-state index is 0.0754. The zero-order valence-corrected chi connectivity index (χ0v) is 10.6. The van der Waals surface area contributed by atoms with E-state index in [2.05, 4.69) is 4.18 Å². The molecule has 2 nitrogen and oxygen atoms in total. The van der Waals surface area contributed by atoms with Crippen molar-refractivity contribution in [3.63, 3.8) is 0 Å². The molecule has 0 radical (unpaired) electrons. The Morgan fingerprint density at radius 2 is 1.84 bits per heavy atom. The number of benzene rings is 2. The van der Waals surface area contributed by atoms with Crippen LogP contribution in [0.3, 0.4) is 0 Å². The van der Waals surface area contributed by atoms with E-state index in [4.69, 9.17) is 0 Å². The van der Waals surface area contributed by atoms with Gasteiger partial charge in [0, 0.05) is 0 Å². The normalized spacial score (nSPS) is 11.6. The van der Waals surface area contributed by atoms with E-state index in [0.29, 0.717) is 5.39 Å². The van der Waals surface area contributed by atoms with Gasteiger partial charge in [-0.25, -0.2) is 0 Å². The van der Waals surface area contributed by atoms with Crippen LogP contribution in [0.5, 0.6) is 5.75 Å². The summed E-state index contributed by atoms with van der Waals surface area (Å²) in [4.78, 5) is 11.6. The van der Waals surface area contributed by atoms with Gasteiger partial charge in [-0.3, -0.25) is 4.79 Å². The second-order valence-corrected chi connectivity index (χ2v) is 4.62. The van der Waals surface area contributed by atoms with Gasteiger partial charge in [0.05, 0.1) is 5.56 Å². The van der Waals surface area contributed by atoms with Crippen molar-refractivity contribution < 1.29 is 22.1 Å². The van der Waals surface area contributed by atoms with E-state index in [1.165, 1.54) is 13.0 Å². The van der Waals surface area contributed by atoms with Crippen molar-refractivity contribution in [1.29, 1.82) is 0 Å². The number of fused-ring (bicyclic) bond motifs is 1. The summed E-state index contributed by atoms with van der Waals surface area (Å²) in [6.07, 6.45) is 0. The fourth-order valence-electron chi connectivity index (χ4n) is 1.78. The van der Waals surface area contributed by atoms with Crippen LogP contribution in [0.25, 0.3) is 10.8 Å². The molecule has 0 atom stereocenters. The summed E-state index contributed by atoms with van der Waals surface area (Å²) in [5, 5.41) is 1.35. The van der Waals surface area contributed by atoms with Crippen molar-refractivity contribution in [2.45, 2.75) is 12.4 Å². The lowest BCUT2D eigenvalue weighted by Crippen LogP contribution is -2.05. The van der Waals surface area contributed by atoms with Gasteiger partial charge in [0.25, 0.3) is 0 Å². The van der Waals surface area contributed by atoms with Gasteiger partial charge in [-0.15, -0.1) is 0 Å². The van der Waals surface area contributed by atoms with Gasteiger partial charge in [-0.2, -0.15) is 13.2 Å². The van der Waals surface area contributed by atoms with E-state index in [9.17, 15) is 18.0 Å². The van der Waals surface area contributed by atoms with E-state index in [1.807, 2.05) is 0 Å². The molecule has 0 heterocycles. The van der Waals surface area contributed by atoms with Crippen LogP contribution in [-0.4, -0.2) is 11.3 Å². The molecule has 0 N–H and O–H groups in total. The highest BCUT2D eigenvalue weighted by molar-refractivity contribution is 7.95. The standard InChI is InChI=1S/C13H9F3O2S/c1-8(17)12-10-5-3-2-4-9(10)6-7-11(12)18-19-13(14,15)16/h2-7H,1H3. The molecule has 0 aliphatic heterocycles. The highest BCUT2D eigenvalue weighted by atomic mass is 32.2. The van der Waals surface area contributed by atoms with Crippen molar-refractivity contribution in [3.05, 3.63) is 42.0 Å². The Kier molecular flexibility index (Phi) is 3.71. The van der Waals surface area contributed by atoms with Crippen LogP contribution < -0.4 is 4.18 Å². The van der Waals surface area contributed by atoms with Gasteiger partial charge >= 0.3 is 5.51 Å². The first kappa shape index (κ1) is 13.7. The van der Waals surface area contributed by atoms with E-state index in [0.717, 1.165) is 5.39 Å². The summed E-state index contributed by atoms with van der Waals surface area (Å²) in [5.74, 6) is -0.414. The molecule has 0 aliphatic rings. The fraction of sp³-hybridized carbons (Fsp3) is 0.154. The zero-order valence-electron chi connectivity index (χ0n) is 9.82. The highest BCUT2D eigenvalue weighted by Gasteiger charge is 2.32. The number of rotatable bonds is 3. The lowest BCUT2D eigenvalue weighted by molar-refractivity contribution is -0.0369. The van der Waals surface area contributed by atoms with Crippen LogP contribution in [0.2, 0.25) is 0 Å². The molecule has 0 saturated heterocycles. The highest BCUT2D eigenvalue weighted by Crippen LogP contribution is 2.36. The molecule has 2 aromatic rings. The van der Waals surface area contributed by atoms with Crippen molar-refractivity contribution in [2.75, 3.05) is 0 Å². The molecule has 0 bridgehead atoms. The Morgan fingerprint density at radius 1 is 1.16 bits per heavy atom. The zero-order chi connectivity index (χ0) is 14.0. The van der Waals surface area contributed by atoms with E-state index >= 15 is 0 Å². The number of carbonyl (C=O) groups is 1. The Hall–Kier alpha value is -1.69. The Bertz CT molecular complexity index is 623. The Balaban J connectivity index is 2.49. The molecular formula is C13H9F3O2S. The lowest BCUT2D eigenvalue weighted by Gasteiger charge is -2.11. The third kappa shape index (κ3) is 3.20. The molecule has 100 valence electrons. The maximum Gasteiger partial charge on any atom is 0.479 e. The largest absolute Gasteiger partial charge is 0.479 e. The first-order valence-electron chi connectivity index (χ1n) is 5.33. The third-order valence-corrected chi connectivity index (χ3v) is 2.92.